The Morgan fingerprint density at radius 3 is 2.60 bits per heavy atom. The number of aliphatic imine (C=N–C) groups is 1. The molecule has 7 heteroatoms. The lowest BCUT2D eigenvalue weighted by molar-refractivity contribution is -0.130. The van der Waals surface area contributed by atoms with Crippen LogP contribution in [0.4, 0.5) is 13.2 Å². The lowest BCUT2D eigenvalue weighted by Crippen LogP contribution is -2.16. The van der Waals surface area contributed by atoms with Gasteiger partial charge in [-0.05, 0) is 47.4 Å². The van der Waals surface area contributed by atoms with E-state index in [1.165, 1.54) is 17.7 Å². The molecule has 1 aliphatic heterocycles. The minimum absolute atomic E-state index is 0.0573. The molecule has 2 aromatic rings. The first-order valence-corrected chi connectivity index (χ1v) is 8.51. The van der Waals surface area contributed by atoms with Gasteiger partial charge in [0, 0.05) is 11.1 Å². The number of nitrogens with zero attached hydrogens (tertiary/aromatic N) is 1. The molecule has 0 aliphatic carbocycles. The van der Waals surface area contributed by atoms with Gasteiger partial charge in [-0.2, -0.15) is 20.1 Å². The van der Waals surface area contributed by atoms with Gasteiger partial charge in [0.25, 0.3) is 0 Å². The first kappa shape index (κ1) is 17.4. The van der Waals surface area contributed by atoms with Crippen LogP contribution in [0.3, 0.4) is 0 Å². The standard InChI is InChI=1S/C18H14F3NO2S/c19-11-18(20,21)14-6-4-13(5-7-14)16-22-15(17(23)24-16)3-1-2-12-8-9-25-10-12/h3-10H,1-2,11H2/b15-3+. The van der Waals surface area contributed by atoms with Crippen molar-refractivity contribution in [1.29, 1.82) is 0 Å². The summed E-state index contributed by atoms with van der Waals surface area (Å²) in [6, 6.07) is 6.88. The Labute approximate surface area is 146 Å². The average molecular weight is 365 g/mol. The number of carbonyl (C=O) groups excluding carboxylic acids is 1. The molecule has 1 aromatic carbocycles. The van der Waals surface area contributed by atoms with Gasteiger partial charge >= 0.3 is 11.9 Å². The van der Waals surface area contributed by atoms with Crippen LogP contribution in [-0.2, 0) is 21.9 Å². The van der Waals surface area contributed by atoms with E-state index in [1.807, 2.05) is 16.8 Å². The van der Waals surface area contributed by atoms with Crippen LogP contribution in [0, 0.1) is 0 Å². The third kappa shape index (κ3) is 3.99. The van der Waals surface area contributed by atoms with Crippen molar-refractivity contribution in [2.24, 2.45) is 4.99 Å². The van der Waals surface area contributed by atoms with Gasteiger partial charge in [-0.15, -0.1) is 0 Å². The number of halogens is 3. The second-order valence-electron chi connectivity index (χ2n) is 5.48. The van der Waals surface area contributed by atoms with Crippen LogP contribution >= 0.6 is 11.3 Å². The number of esters is 1. The van der Waals surface area contributed by atoms with Gasteiger partial charge in [0.05, 0.1) is 0 Å². The Kier molecular flexibility index (Phi) is 5.03. The van der Waals surface area contributed by atoms with E-state index in [0.717, 1.165) is 18.6 Å². The number of aryl methyl sites for hydroxylation is 1. The zero-order chi connectivity index (χ0) is 17.9. The van der Waals surface area contributed by atoms with Crippen LogP contribution < -0.4 is 0 Å². The maximum Gasteiger partial charge on any atom is 0.363 e. The summed E-state index contributed by atoms with van der Waals surface area (Å²) in [7, 11) is 0. The molecule has 3 rings (SSSR count). The number of hydrogen-bond donors (Lipinski definition) is 0. The highest BCUT2D eigenvalue weighted by Gasteiger charge is 2.32. The lowest BCUT2D eigenvalue weighted by Gasteiger charge is -2.12. The van der Waals surface area contributed by atoms with Crippen LogP contribution in [0.5, 0.6) is 0 Å². The van der Waals surface area contributed by atoms with E-state index in [9.17, 15) is 18.0 Å². The topological polar surface area (TPSA) is 38.7 Å². The number of thiophene rings is 1. The normalized spacial score (nSPS) is 16.2. The lowest BCUT2D eigenvalue weighted by atomic mass is 10.1. The maximum atomic E-state index is 13.3. The van der Waals surface area contributed by atoms with Crippen molar-refractivity contribution in [2.75, 3.05) is 6.67 Å². The van der Waals surface area contributed by atoms with Gasteiger partial charge in [-0.1, -0.05) is 18.2 Å². The van der Waals surface area contributed by atoms with Gasteiger partial charge in [-0.25, -0.2) is 14.2 Å². The van der Waals surface area contributed by atoms with Crippen LogP contribution in [0.1, 0.15) is 23.1 Å². The Morgan fingerprint density at radius 1 is 1.20 bits per heavy atom. The van der Waals surface area contributed by atoms with E-state index in [4.69, 9.17) is 4.74 Å². The number of rotatable bonds is 6. The molecule has 0 radical (unpaired) electrons. The Bertz CT molecular complexity index is 811. The molecule has 130 valence electrons. The van der Waals surface area contributed by atoms with E-state index >= 15 is 0 Å². The minimum Gasteiger partial charge on any atom is -0.402 e. The summed E-state index contributed by atoms with van der Waals surface area (Å²) < 4.78 is 44.0. The number of carbonyl (C=O) groups is 1. The van der Waals surface area contributed by atoms with E-state index in [0.29, 0.717) is 12.0 Å². The Morgan fingerprint density at radius 2 is 1.96 bits per heavy atom. The third-order valence-electron chi connectivity index (χ3n) is 3.69. The predicted octanol–water partition coefficient (Wildman–Crippen LogP) is 4.63. The van der Waals surface area contributed by atoms with Crippen molar-refractivity contribution >= 4 is 23.2 Å². The fraction of sp³-hybridized carbons (Fsp3) is 0.222. The first-order valence-electron chi connectivity index (χ1n) is 7.56. The van der Waals surface area contributed by atoms with Crippen molar-refractivity contribution in [1.82, 2.24) is 0 Å². The van der Waals surface area contributed by atoms with Gasteiger partial charge in [-0.3, -0.25) is 0 Å². The van der Waals surface area contributed by atoms with Gasteiger partial charge in [0.15, 0.2) is 6.67 Å². The van der Waals surface area contributed by atoms with Crippen molar-refractivity contribution in [3.63, 3.8) is 0 Å². The van der Waals surface area contributed by atoms with E-state index < -0.39 is 24.1 Å². The quantitative estimate of drug-likeness (QED) is 0.553. The van der Waals surface area contributed by atoms with Crippen LogP contribution in [0.2, 0.25) is 0 Å². The summed E-state index contributed by atoms with van der Waals surface area (Å²) in [5.74, 6) is -4.04. The zero-order valence-corrected chi connectivity index (χ0v) is 13.9. The van der Waals surface area contributed by atoms with E-state index in [2.05, 4.69) is 4.99 Å². The van der Waals surface area contributed by atoms with Gasteiger partial charge < -0.3 is 4.74 Å². The molecule has 0 atom stereocenters. The van der Waals surface area contributed by atoms with Crippen LogP contribution in [0.15, 0.2) is 57.9 Å². The second-order valence-corrected chi connectivity index (χ2v) is 6.26. The number of allylic oxidation sites excluding steroid dienone is 1. The fourth-order valence-corrected chi connectivity index (χ4v) is 3.02. The SMILES string of the molecule is O=C1OC(c2ccc(C(F)(F)CF)cc2)=N/C1=C/CCc1ccsc1. The Hall–Kier alpha value is -2.41. The summed E-state index contributed by atoms with van der Waals surface area (Å²) in [4.78, 5) is 16.0. The monoisotopic (exact) mass is 365 g/mol. The molecule has 1 aliphatic rings. The second kappa shape index (κ2) is 7.23. The zero-order valence-electron chi connectivity index (χ0n) is 13.0. The van der Waals surface area contributed by atoms with Crippen molar-refractivity contribution in [3.8, 4) is 0 Å². The summed E-state index contributed by atoms with van der Waals surface area (Å²) in [6.07, 6.45) is 3.12. The van der Waals surface area contributed by atoms with Crippen LogP contribution in [0.25, 0.3) is 0 Å². The summed E-state index contributed by atoms with van der Waals surface area (Å²) in [5, 5.41) is 4.02. The molecule has 0 unspecified atom stereocenters. The van der Waals surface area contributed by atoms with E-state index in [-0.39, 0.29) is 11.6 Å². The van der Waals surface area contributed by atoms with Crippen molar-refractivity contribution in [2.45, 2.75) is 18.8 Å². The summed E-state index contributed by atoms with van der Waals surface area (Å²) in [5.41, 5.74) is 1.33. The summed E-state index contributed by atoms with van der Waals surface area (Å²) in [6.45, 7) is -1.76. The third-order valence-corrected chi connectivity index (χ3v) is 4.43. The molecule has 3 nitrogen and oxygen atoms in total. The molecule has 25 heavy (non-hydrogen) atoms. The highest BCUT2D eigenvalue weighted by molar-refractivity contribution is 7.07. The molecule has 0 spiro atoms. The highest BCUT2D eigenvalue weighted by atomic mass is 32.1. The Balaban J connectivity index is 1.71. The largest absolute Gasteiger partial charge is 0.402 e. The number of benzene rings is 1. The molecule has 0 saturated heterocycles. The molecule has 0 saturated carbocycles. The first-order chi connectivity index (χ1) is 12.0. The molecule has 0 N–H and O–H groups in total. The van der Waals surface area contributed by atoms with Crippen LogP contribution in [-0.4, -0.2) is 18.5 Å². The number of ether oxygens (including phenoxy) is 1. The molecule has 0 fully saturated rings. The molecule has 0 amide bonds. The predicted molar refractivity (Wildman–Crippen MR) is 89.7 cm³/mol. The number of hydrogen-bond acceptors (Lipinski definition) is 4. The number of alkyl halides is 3. The average Bonchev–Trinajstić information content (AvgIpc) is 3.25. The van der Waals surface area contributed by atoms with E-state index in [1.54, 1.807) is 17.4 Å². The van der Waals surface area contributed by atoms with Gasteiger partial charge in [0.2, 0.25) is 5.90 Å². The van der Waals surface area contributed by atoms with Crippen molar-refractivity contribution < 1.29 is 22.7 Å². The smallest absolute Gasteiger partial charge is 0.363 e. The molecule has 1 aromatic heterocycles. The molecule has 2 heterocycles. The molecule has 0 bridgehead atoms. The maximum absolute atomic E-state index is 13.3. The minimum atomic E-state index is -3.53. The van der Waals surface area contributed by atoms with Crippen molar-refractivity contribution in [3.05, 3.63) is 69.6 Å². The number of cyclic esters (lactones) is 1. The molecular formula is C18H14F3NO2S. The summed E-state index contributed by atoms with van der Waals surface area (Å²) >= 11 is 1.61. The molecular weight excluding hydrogens is 351 g/mol. The highest BCUT2D eigenvalue weighted by Crippen LogP contribution is 2.29. The van der Waals surface area contributed by atoms with Gasteiger partial charge in [0.1, 0.15) is 5.70 Å². The fourth-order valence-electron chi connectivity index (χ4n) is 2.31.